The highest BCUT2D eigenvalue weighted by molar-refractivity contribution is 5.72. The number of ether oxygens (including phenoxy) is 3. The summed E-state index contributed by atoms with van der Waals surface area (Å²) in [5, 5.41) is 0. The highest BCUT2D eigenvalue weighted by atomic mass is 16.6. The van der Waals surface area contributed by atoms with E-state index < -0.39 is 12.1 Å². The molecule has 0 saturated carbocycles. The van der Waals surface area contributed by atoms with Crippen LogP contribution in [0.15, 0.2) is 194 Å². The second kappa shape index (κ2) is 66.8. The molecule has 0 aromatic heterocycles. The molecule has 0 bridgehead atoms. The molecule has 1 atom stereocenters. The summed E-state index contributed by atoms with van der Waals surface area (Å²) in [4.78, 5) is 38.1. The van der Waals surface area contributed by atoms with Gasteiger partial charge in [-0.3, -0.25) is 14.4 Å². The minimum atomic E-state index is -0.857. The maximum atomic E-state index is 12.8. The van der Waals surface area contributed by atoms with Crippen molar-refractivity contribution in [1.82, 2.24) is 0 Å². The molecule has 6 heteroatoms. The van der Waals surface area contributed by atoms with Crippen molar-refractivity contribution in [3.8, 4) is 0 Å². The van der Waals surface area contributed by atoms with Gasteiger partial charge in [-0.15, -0.1) is 0 Å². The third kappa shape index (κ3) is 64.9. The van der Waals surface area contributed by atoms with Crippen molar-refractivity contribution in [2.45, 2.75) is 245 Å². The standard InChI is InChI=1S/C75H114O6/c1-4-7-10-13-16-19-22-25-27-28-29-30-31-32-33-34-35-36-37-38-39-40-41-42-43-44-45-46-48-50-53-56-59-62-65-68-74(77)80-71-72(70-79-73(76)67-64-61-58-55-52-49-24-21-18-15-12-9-6-3)81-75(78)69-66-63-60-57-54-51-47-26-23-20-17-14-11-8-5-2/h7-12,16-21,25-27,29-30,32-33,35-36,38-39,41-42,47,49,52,54,57,63,66,72H,4-6,13-15,22-24,28,31,34,37,40,43-46,48,50-51,53,55-56,58-62,64-65,67-71H2,1-3H3/b10-7-,11-8-,12-9-,19-16-,20-17-,21-18-,27-25-,30-29-,33-32-,36-35-,39-38-,42-41-,47-26-,52-49-,57-54-,66-63-. The molecule has 450 valence electrons. The van der Waals surface area contributed by atoms with E-state index in [0.29, 0.717) is 19.3 Å². The van der Waals surface area contributed by atoms with Crippen LogP contribution < -0.4 is 0 Å². The third-order valence-electron chi connectivity index (χ3n) is 12.6. The zero-order chi connectivity index (χ0) is 58.5. The van der Waals surface area contributed by atoms with Crippen LogP contribution >= 0.6 is 0 Å². The minimum Gasteiger partial charge on any atom is -0.462 e. The lowest BCUT2D eigenvalue weighted by Crippen LogP contribution is -2.30. The van der Waals surface area contributed by atoms with Crippen molar-refractivity contribution >= 4 is 17.9 Å². The molecule has 0 aliphatic carbocycles. The van der Waals surface area contributed by atoms with Crippen molar-refractivity contribution in [2.24, 2.45) is 0 Å². The van der Waals surface area contributed by atoms with Gasteiger partial charge in [-0.25, -0.2) is 0 Å². The number of hydrogen-bond acceptors (Lipinski definition) is 6. The number of unbranched alkanes of at least 4 members (excludes halogenated alkanes) is 13. The number of rotatable bonds is 55. The second-order valence-electron chi connectivity index (χ2n) is 20.2. The van der Waals surface area contributed by atoms with E-state index in [4.69, 9.17) is 14.2 Å². The predicted molar refractivity (Wildman–Crippen MR) is 352 cm³/mol. The Bertz CT molecular complexity index is 1950. The molecule has 0 radical (unpaired) electrons. The van der Waals surface area contributed by atoms with Crippen LogP contribution in [0.5, 0.6) is 0 Å². The lowest BCUT2D eigenvalue weighted by molar-refractivity contribution is -0.166. The van der Waals surface area contributed by atoms with Gasteiger partial charge >= 0.3 is 17.9 Å². The molecule has 0 aromatic rings. The fourth-order valence-corrected chi connectivity index (χ4v) is 7.96. The van der Waals surface area contributed by atoms with Crippen LogP contribution in [-0.4, -0.2) is 37.2 Å². The summed E-state index contributed by atoms with van der Waals surface area (Å²) in [6.45, 7) is 6.16. The first-order valence-corrected chi connectivity index (χ1v) is 31.9. The minimum absolute atomic E-state index is 0.0802. The van der Waals surface area contributed by atoms with Crippen LogP contribution in [0.25, 0.3) is 0 Å². The molecule has 0 aliphatic rings. The molecule has 0 saturated heterocycles. The van der Waals surface area contributed by atoms with E-state index in [1.807, 2.05) is 6.08 Å². The first-order chi connectivity index (χ1) is 40.0. The van der Waals surface area contributed by atoms with Gasteiger partial charge in [0.25, 0.3) is 0 Å². The summed E-state index contributed by atoms with van der Waals surface area (Å²) in [6, 6.07) is 0. The lowest BCUT2D eigenvalue weighted by Gasteiger charge is -2.18. The van der Waals surface area contributed by atoms with Crippen molar-refractivity contribution in [2.75, 3.05) is 13.2 Å². The Morgan fingerprint density at radius 2 is 0.481 bits per heavy atom. The maximum absolute atomic E-state index is 12.8. The zero-order valence-corrected chi connectivity index (χ0v) is 51.5. The number of hydrogen-bond donors (Lipinski definition) is 0. The number of allylic oxidation sites excluding steroid dienone is 31. The van der Waals surface area contributed by atoms with Gasteiger partial charge in [0.2, 0.25) is 0 Å². The number of carbonyl (C=O) groups is 3. The summed E-state index contributed by atoms with van der Waals surface area (Å²) in [7, 11) is 0. The quantitative estimate of drug-likeness (QED) is 0.0261. The average Bonchev–Trinajstić information content (AvgIpc) is 3.46. The second-order valence-corrected chi connectivity index (χ2v) is 20.2. The van der Waals surface area contributed by atoms with E-state index >= 15 is 0 Å². The van der Waals surface area contributed by atoms with Crippen LogP contribution in [0.4, 0.5) is 0 Å². The fourth-order valence-electron chi connectivity index (χ4n) is 7.96. The average molecular weight is 1110 g/mol. The Labute approximate surface area is 497 Å². The normalized spacial score (nSPS) is 13.5. The van der Waals surface area contributed by atoms with E-state index in [1.165, 1.54) is 44.9 Å². The van der Waals surface area contributed by atoms with E-state index in [0.717, 1.165) is 148 Å². The predicted octanol–water partition coefficient (Wildman–Crippen LogP) is 22.2. The molecule has 0 spiro atoms. The summed E-state index contributed by atoms with van der Waals surface area (Å²) < 4.78 is 16.7. The Morgan fingerprint density at radius 1 is 0.259 bits per heavy atom. The molecular weight excluding hydrogens is 997 g/mol. The first-order valence-electron chi connectivity index (χ1n) is 31.9. The van der Waals surface area contributed by atoms with Crippen LogP contribution in [0, 0.1) is 0 Å². The van der Waals surface area contributed by atoms with Gasteiger partial charge < -0.3 is 14.2 Å². The molecule has 0 aromatic carbocycles. The molecule has 0 amide bonds. The molecule has 0 heterocycles. The van der Waals surface area contributed by atoms with Gasteiger partial charge in [-0.2, -0.15) is 0 Å². The summed E-state index contributed by atoms with van der Waals surface area (Å²) >= 11 is 0. The van der Waals surface area contributed by atoms with Crippen LogP contribution in [-0.2, 0) is 28.6 Å². The topological polar surface area (TPSA) is 78.9 Å². The lowest BCUT2D eigenvalue weighted by atomic mass is 10.1. The van der Waals surface area contributed by atoms with Crippen molar-refractivity contribution in [3.05, 3.63) is 194 Å². The van der Waals surface area contributed by atoms with E-state index in [2.05, 4.69) is 203 Å². The van der Waals surface area contributed by atoms with E-state index in [1.54, 1.807) is 6.08 Å². The molecule has 81 heavy (non-hydrogen) atoms. The van der Waals surface area contributed by atoms with Gasteiger partial charge in [0, 0.05) is 12.8 Å². The Balaban J connectivity index is 4.33. The molecule has 0 rings (SSSR count). The summed E-state index contributed by atoms with van der Waals surface area (Å²) in [5.74, 6) is -1.11. The molecule has 1 unspecified atom stereocenters. The van der Waals surface area contributed by atoms with Crippen molar-refractivity contribution in [1.29, 1.82) is 0 Å². The Kier molecular flexibility index (Phi) is 62.0. The van der Waals surface area contributed by atoms with Gasteiger partial charge in [0.15, 0.2) is 6.10 Å². The molecular formula is C75H114O6. The van der Waals surface area contributed by atoms with Crippen LogP contribution in [0.3, 0.4) is 0 Å². The van der Waals surface area contributed by atoms with E-state index in [-0.39, 0.29) is 31.6 Å². The van der Waals surface area contributed by atoms with Crippen LogP contribution in [0.1, 0.15) is 239 Å². The Morgan fingerprint density at radius 3 is 0.765 bits per heavy atom. The fraction of sp³-hybridized carbons (Fsp3) is 0.533. The van der Waals surface area contributed by atoms with Crippen molar-refractivity contribution < 1.29 is 28.6 Å². The molecule has 0 N–H and O–H groups in total. The third-order valence-corrected chi connectivity index (χ3v) is 12.6. The Hall–Kier alpha value is -5.75. The summed E-state index contributed by atoms with van der Waals surface area (Å²) in [5.41, 5.74) is 0. The molecule has 0 fully saturated rings. The van der Waals surface area contributed by atoms with Crippen molar-refractivity contribution in [3.63, 3.8) is 0 Å². The zero-order valence-electron chi connectivity index (χ0n) is 51.5. The monoisotopic (exact) mass is 1110 g/mol. The van der Waals surface area contributed by atoms with Gasteiger partial charge in [-0.05, 0) is 141 Å². The SMILES string of the molecule is CC/C=C\C/C=C\C/C=C\C/C=C\C/C=C\C/C=C\C/C=C\C/C=C\CCCCCCCCCCCCC(=O)OCC(COC(=O)CCCCC/C=C\C/C=C\C/C=C\CC)OC(=O)C/C=C\C/C=C\C/C=C\C/C=C\C/C=C\CC. The first kappa shape index (κ1) is 75.2. The highest BCUT2D eigenvalue weighted by Gasteiger charge is 2.19. The largest absolute Gasteiger partial charge is 0.462 e. The van der Waals surface area contributed by atoms with Gasteiger partial charge in [0.1, 0.15) is 13.2 Å². The number of carbonyl (C=O) groups excluding carboxylic acids is 3. The highest BCUT2D eigenvalue weighted by Crippen LogP contribution is 2.14. The molecule has 6 nitrogen and oxygen atoms in total. The molecule has 0 aliphatic heterocycles. The van der Waals surface area contributed by atoms with E-state index in [9.17, 15) is 14.4 Å². The maximum Gasteiger partial charge on any atom is 0.310 e. The number of esters is 3. The van der Waals surface area contributed by atoms with Gasteiger partial charge in [-0.1, -0.05) is 273 Å². The summed E-state index contributed by atoms with van der Waals surface area (Å²) in [6.07, 6.45) is 102. The van der Waals surface area contributed by atoms with Crippen LogP contribution in [0.2, 0.25) is 0 Å². The smallest absolute Gasteiger partial charge is 0.310 e. The van der Waals surface area contributed by atoms with Gasteiger partial charge in [0.05, 0.1) is 6.42 Å².